The van der Waals surface area contributed by atoms with Gasteiger partial charge >= 0.3 is 6.18 Å². The molecular weight excluding hydrogens is 346 g/mol. The van der Waals surface area contributed by atoms with Gasteiger partial charge < -0.3 is 0 Å². The molecule has 0 radical (unpaired) electrons. The van der Waals surface area contributed by atoms with E-state index < -0.39 is 28.8 Å². The van der Waals surface area contributed by atoms with Gasteiger partial charge in [0.05, 0.1) is 10.6 Å². The van der Waals surface area contributed by atoms with Gasteiger partial charge in [-0.3, -0.25) is 9.27 Å². The molecule has 0 saturated heterocycles. The van der Waals surface area contributed by atoms with Crippen LogP contribution in [0.5, 0.6) is 0 Å². The van der Waals surface area contributed by atoms with E-state index in [0.29, 0.717) is 11.6 Å². The van der Waals surface area contributed by atoms with Gasteiger partial charge in [-0.2, -0.15) is 13.2 Å². The molecule has 0 aromatic heterocycles. The third-order valence-corrected chi connectivity index (χ3v) is 3.48. The van der Waals surface area contributed by atoms with E-state index in [1.807, 2.05) is 0 Å². The van der Waals surface area contributed by atoms with Gasteiger partial charge in [0.2, 0.25) is 0 Å². The topological polar surface area (TPSA) is 49.3 Å². The summed E-state index contributed by atoms with van der Waals surface area (Å²) in [5, 5.41) is 0.0922. The fraction of sp³-hybridized carbons (Fsp3) is 0.0769. The lowest BCUT2D eigenvalue weighted by Crippen LogP contribution is -2.07. The average Bonchev–Trinajstić information content (AvgIpc) is 2.36. The maximum absolute atomic E-state index is 13.6. The van der Waals surface area contributed by atoms with Crippen molar-refractivity contribution in [3.8, 4) is 11.1 Å². The molecule has 0 heterocycles. The summed E-state index contributed by atoms with van der Waals surface area (Å²) in [4.78, 5) is 0. The summed E-state index contributed by atoms with van der Waals surface area (Å²) in [5.41, 5.74) is -0.668. The highest BCUT2D eigenvalue weighted by atomic mass is 35.5. The van der Waals surface area contributed by atoms with E-state index in [2.05, 4.69) is 4.72 Å². The Morgan fingerprint density at radius 1 is 1.14 bits per heavy atom. The Morgan fingerprint density at radius 3 is 2.32 bits per heavy atom. The van der Waals surface area contributed by atoms with Crippen molar-refractivity contribution < 1.29 is 26.3 Å². The Labute approximate surface area is 130 Å². The zero-order valence-electron chi connectivity index (χ0n) is 10.6. The number of benzene rings is 2. The van der Waals surface area contributed by atoms with Gasteiger partial charge in [0.1, 0.15) is 5.82 Å². The van der Waals surface area contributed by atoms with Crippen molar-refractivity contribution in [3.63, 3.8) is 0 Å². The third kappa shape index (κ3) is 3.76. The van der Waals surface area contributed by atoms with Crippen LogP contribution < -0.4 is 4.72 Å². The first-order chi connectivity index (χ1) is 10.2. The van der Waals surface area contributed by atoms with Gasteiger partial charge in [0, 0.05) is 11.3 Å². The first-order valence-corrected chi connectivity index (χ1v) is 7.21. The number of hydrogen-bond donors (Lipinski definition) is 2. The van der Waals surface area contributed by atoms with Crippen LogP contribution in [0.4, 0.5) is 23.2 Å². The van der Waals surface area contributed by atoms with E-state index in [9.17, 15) is 21.8 Å². The number of halogens is 5. The van der Waals surface area contributed by atoms with Crippen LogP contribution in [0.15, 0.2) is 36.4 Å². The van der Waals surface area contributed by atoms with Crippen molar-refractivity contribution in [1.82, 2.24) is 0 Å². The Hall–Kier alpha value is -1.64. The zero-order valence-corrected chi connectivity index (χ0v) is 12.2. The number of alkyl halides is 3. The quantitative estimate of drug-likeness (QED) is 0.620. The summed E-state index contributed by atoms with van der Waals surface area (Å²) in [6.07, 6.45) is -4.77. The van der Waals surface area contributed by atoms with Crippen molar-refractivity contribution in [3.05, 3.63) is 52.8 Å². The highest BCUT2D eigenvalue weighted by Gasteiger charge is 2.34. The lowest BCUT2D eigenvalue weighted by molar-refractivity contribution is -0.139. The Kier molecular flexibility index (Phi) is 4.74. The molecule has 2 aromatic carbocycles. The third-order valence-electron chi connectivity index (χ3n) is 2.76. The summed E-state index contributed by atoms with van der Waals surface area (Å²) < 4.78 is 72.6. The van der Waals surface area contributed by atoms with Gasteiger partial charge in [-0.15, -0.1) is 0 Å². The van der Waals surface area contributed by atoms with E-state index in [4.69, 9.17) is 16.2 Å². The number of anilines is 1. The molecule has 0 aliphatic carbocycles. The van der Waals surface area contributed by atoms with Gasteiger partial charge in [0.15, 0.2) is 0 Å². The molecule has 9 heteroatoms. The normalized spacial score (nSPS) is 13.0. The van der Waals surface area contributed by atoms with E-state index in [0.717, 1.165) is 12.1 Å². The molecule has 0 saturated carbocycles. The summed E-state index contributed by atoms with van der Waals surface area (Å²) >= 11 is 3.68. The minimum absolute atomic E-state index is 0.0922. The lowest BCUT2D eigenvalue weighted by atomic mass is 10.0. The lowest BCUT2D eigenvalue weighted by Gasteiger charge is -2.11. The van der Waals surface area contributed by atoms with E-state index >= 15 is 0 Å². The van der Waals surface area contributed by atoms with Crippen LogP contribution in [0.1, 0.15) is 5.56 Å². The summed E-state index contributed by atoms with van der Waals surface area (Å²) in [6.45, 7) is 0. The number of rotatable bonds is 3. The van der Waals surface area contributed by atoms with Crippen LogP contribution in [-0.2, 0) is 17.4 Å². The number of hydrogen-bond acceptors (Lipinski definition) is 1. The Morgan fingerprint density at radius 2 is 1.82 bits per heavy atom. The first kappa shape index (κ1) is 16.7. The largest absolute Gasteiger partial charge is 0.419 e. The van der Waals surface area contributed by atoms with Gasteiger partial charge in [-0.25, -0.2) is 8.60 Å². The van der Waals surface area contributed by atoms with Crippen molar-refractivity contribution >= 4 is 28.6 Å². The monoisotopic (exact) mass is 353 g/mol. The standard InChI is InChI=1S/C13H8ClF4NO2S/c14-11-6-8(19-22(20)21)2-3-9(11)7-1-4-10(12(15)5-7)13(16,17)18/h1-6,19H,(H,20,21). The molecule has 0 spiro atoms. The minimum atomic E-state index is -4.77. The zero-order chi connectivity index (χ0) is 16.5. The van der Waals surface area contributed by atoms with Crippen molar-refractivity contribution in [2.24, 2.45) is 0 Å². The van der Waals surface area contributed by atoms with Crippen LogP contribution in [0, 0.1) is 5.82 Å². The Balaban J connectivity index is 2.40. The predicted molar refractivity (Wildman–Crippen MR) is 76.2 cm³/mol. The summed E-state index contributed by atoms with van der Waals surface area (Å²) in [6, 6.07) is 6.58. The maximum Gasteiger partial charge on any atom is 0.419 e. The molecule has 3 nitrogen and oxygen atoms in total. The summed E-state index contributed by atoms with van der Waals surface area (Å²) in [5.74, 6) is -1.40. The van der Waals surface area contributed by atoms with Crippen LogP contribution in [-0.4, -0.2) is 8.76 Å². The van der Waals surface area contributed by atoms with Crippen molar-refractivity contribution in [2.45, 2.75) is 6.18 Å². The summed E-state index contributed by atoms with van der Waals surface area (Å²) in [7, 11) is 0. The van der Waals surface area contributed by atoms with Gasteiger partial charge in [-0.05, 0) is 29.8 Å². The van der Waals surface area contributed by atoms with Crippen LogP contribution >= 0.6 is 11.6 Å². The molecule has 0 fully saturated rings. The molecule has 2 N–H and O–H groups in total. The van der Waals surface area contributed by atoms with Gasteiger partial charge in [0.25, 0.3) is 11.3 Å². The molecule has 0 aliphatic rings. The molecule has 22 heavy (non-hydrogen) atoms. The molecule has 0 bridgehead atoms. The highest BCUT2D eigenvalue weighted by molar-refractivity contribution is 7.80. The van der Waals surface area contributed by atoms with Crippen molar-refractivity contribution in [1.29, 1.82) is 0 Å². The average molecular weight is 354 g/mol. The SMILES string of the molecule is O=S(O)Nc1ccc(-c2ccc(C(F)(F)F)c(F)c2)c(Cl)c1. The number of nitrogens with one attached hydrogen (secondary N) is 1. The second-order valence-corrected chi connectivity index (χ2v) is 5.35. The maximum atomic E-state index is 13.6. The molecule has 1 unspecified atom stereocenters. The highest BCUT2D eigenvalue weighted by Crippen LogP contribution is 2.35. The Bertz CT molecular complexity index is 736. The molecule has 118 valence electrons. The van der Waals surface area contributed by atoms with Crippen LogP contribution in [0.3, 0.4) is 0 Å². The van der Waals surface area contributed by atoms with Crippen LogP contribution in [0.25, 0.3) is 11.1 Å². The fourth-order valence-corrected chi connectivity index (χ4v) is 2.44. The molecule has 2 rings (SSSR count). The second-order valence-electron chi connectivity index (χ2n) is 4.24. The van der Waals surface area contributed by atoms with Crippen LogP contribution in [0.2, 0.25) is 5.02 Å². The molecule has 0 aliphatic heterocycles. The smallest absolute Gasteiger partial charge is 0.289 e. The predicted octanol–water partition coefficient (Wildman–Crippen LogP) is 4.71. The van der Waals surface area contributed by atoms with E-state index in [1.54, 1.807) is 0 Å². The molecule has 1 atom stereocenters. The van der Waals surface area contributed by atoms with Gasteiger partial charge in [-0.1, -0.05) is 23.7 Å². The fourth-order valence-electron chi connectivity index (χ4n) is 1.83. The van der Waals surface area contributed by atoms with E-state index in [1.165, 1.54) is 18.2 Å². The molecular formula is C13H8ClF4NO2S. The molecule has 2 aromatic rings. The second kappa shape index (κ2) is 6.23. The first-order valence-electron chi connectivity index (χ1n) is 5.72. The van der Waals surface area contributed by atoms with Crippen molar-refractivity contribution in [2.75, 3.05) is 4.72 Å². The molecule has 0 amide bonds. The van der Waals surface area contributed by atoms with E-state index in [-0.39, 0.29) is 16.3 Å². The minimum Gasteiger partial charge on any atom is -0.289 e.